The fraction of sp³-hybridized carbons (Fsp3) is 0.646. The van der Waals surface area contributed by atoms with Crippen LogP contribution in [0.5, 0.6) is 0 Å². The summed E-state index contributed by atoms with van der Waals surface area (Å²) < 4.78 is 112. The van der Waals surface area contributed by atoms with Crippen LogP contribution in [0.15, 0.2) is 14.5 Å². The molecule has 0 radical (unpaired) electrons. The molecular formula is C48H66N2O29S3. The van der Waals surface area contributed by atoms with Crippen molar-refractivity contribution < 1.29 is 136 Å². The first-order chi connectivity index (χ1) is 37.7. The molecule has 0 fully saturated rings. The zero-order chi connectivity index (χ0) is 63.0. The van der Waals surface area contributed by atoms with Crippen LogP contribution >= 0.6 is 11.3 Å². The minimum Gasteiger partial charge on any atom is -0.451 e. The fourth-order valence-electron chi connectivity index (χ4n) is 6.24. The van der Waals surface area contributed by atoms with Crippen LogP contribution in [0.1, 0.15) is 122 Å². The molecule has 2 heterocycles. The van der Waals surface area contributed by atoms with Gasteiger partial charge < -0.3 is 62.2 Å². The van der Waals surface area contributed by atoms with E-state index in [2.05, 4.69) is 10.1 Å². The van der Waals surface area contributed by atoms with Crippen LogP contribution in [-0.2, 0) is 139 Å². The molecule has 1 aliphatic heterocycles. The van der Waals surface area contributed by atoms with Crippen molar-refractivity contribution in [1.82, 2.24) is 10.0 Å². The molecule has 34 heteroatoms. The molecule has 13 unspecified atom stereocenters. The largest absolute Gasteiger partial charge is 0.451 e. The third-order valence-electron chi connectivity index (χ3n) is 11.0. The Morgan fingerprint density at radius 3 is 0.963 bits per heavy atom. The molecule has 0 aromatic carbocycles. The average molecular weight is 1230 g/mol. The van der Waals surface area contributed by atoms with Gasteiger partial charge in [0.2, 0.25) is 0 Å². The fourth-order valence-corrected chi connectivity index (χ4v) is 11.3. The molecular weight excluding hydrogens is 1160 g/mol. The quantitative estimate of drug-likeness (QED) is 0.0821. The van der Waals surface area contributed by atoms with Gasteiger partial charge in [-0.3, -0.25) is 9.59 Å². The predicted octanol–water partition coefficient (Wildman–Crippen LogP) is -0.0302. The highest BCUT2D eigenvalue weighted by molar-refractivity contribution is 7.95. The molecule has 2 N–H and O–H groups in total. The van der Waals surface area contributed by atoms with Gasteiger partial charge in [0.25, 0.3) is 15.9 Å². The number of ether oxygens (including phenoxy) is 12. The van der Waals surface area contributed by atoms with E-state index < -0.39 is 186 Å². The van der Waals surface area contributed by atoms with Crippen molar-refractivity contribution in [3.05, 3.63) is 11.6 Å². The lowest BCUT2D eigenvalue weighted by Gasteiger charge is -2.27. The number of amides is 1. The first kappa shape index (κ1) is 70.8. The molecule has 0 aliphatic carbocycles. The standard InChI is InChI=1S/C48H66N2O29S3/c1-16-49-34-17-19(2)81(64,65)48-33(34)18-35(80-48)82(66,67)50-36(52)20(3)69-38(54)22(5)71-40(56)24(7)73-42(58)26(9)75-44(60)28(11)77-46(62)30(13)79-47(63)31(14)78-45(61)29(12)76-43(59)27(10)74-41(57)25(8)72-39(55)23(6)70-37(53)21(4)68-32(15)51/h18-31,34,49H,16-17H2,1-15H3,(H,50,52)/t19-,20?,21?,22?,23?,24?,25?,26?,27?,28?,29?,30?,31?,34?/m0/s1. The number of nitrogens with one attached hydrogen (secondary N) is 2. The third-order valence-corrected chi connectivity index (χ3v) is 16.7. The summed E-state index contributed by atoms with van der Waals surface area (Å²) in [7, 11) is -8.54. The highest BCUT2D eigenvalue weighted by atomic mass is 32.3. The van der Waals surface area contributed by atoms with Gasteiger partial charge >= 0.3 is 71.6 Å². The van der Waals surface area contributed by atoms with Crippen molar-refractivity contribution in [3.8, 4) is 0 Å². The van der Waals surface area contributed by atoms with E-state index in [1.54, 1.807) is 11.6 Å². The second kappa shape index (κ2) is 30.6. The molecule has 1 aromatic heterocycles. The smallest absolute Gasteiger partial charge is 0.347 e. The number of rotatable bonds is 28. The molecule has 460 valence electrons. The number of sulfonamides is 1. The lowest BCUT2D eigenvalue weighted by molar-refractivity contribution is -0.190. The van der Waals surface area contributed by atoms with Crippen molar-refractivity contribution in [2.45, 2.75) is 203 Å². The monoisotopic (exact) mass is 1230 g/mol. The Kier molecular flexibility index (Phi) is 26.5. The van der Waals surface area contributed by atoms with Crippen molar-refractivity contribution in [3.63, 3.8) is 0 Å². The molecule has 31 nitrogen and oxygen atoms in total. The Labute approximate surface area is 474 Å². The van der Waals surface area contributed by atoms with Gasteiger partial charge in [0, 0.05) is 18.5 Å². The number of carbonyl (C=O) groups is 13. The minimum absolute atomic E-state index is 0.165. The van der Waals surface area contributed by atoms with E-state index in [1.165, 1.54) is 13.8 Å². The van der Waals surface area contributed by atoms with E-state index in [0.29, 0.717) is 17.9 Å². The number of hydrogen-bond acceptors (Lipinski definition) is 31. The molecule has 0 saturated carbocycles. The molecule has 14 atom stereocenters. The SMILES string of the molecule is CCNC1C[C@H](C)S(=O)(=O)c2sc(S(=O)(=O)NC(=O)C(C)OC(=O)C(C)OC(=O)C(C)OC(=O)C(C)OC(=O)C(C)OC(=O)C(C)OC(=O)C(C)OC(=O)C(C)OC(=O)C(C)OC(=O)C(C)OC(=O)C(C)OC(=O)C(C)OC(C)=O)cc21. The molecule has 1 aliphatic rings. The maximum absolute atomic E-state index is 13.2. The highest BCUT2D eigenvalue weighted by Crippen LogP contribution is 2.42. The Bertz CT molecular complexity index is 2830. The van der Waals surface area contributed by atoms with Crippen molar-refractivity contribution >= 4 is 109 Å². The topological polar surface area (TPSA) is 425 Å². The minimum atomic E-state index is -4.67. The maximum atomic E-state index is 13.2. The Morgan fingerprint density at radius 2 is 0.720 bits per heavy atom. The number of esters is 12. The third kappa shape index (κ3) is 20.6. The first-order valence-electron chi connectivity index (χ1n) is 24.9. The van der Waals surface area contributed by atoms with E-state index in [-0.39, 0.29) is 16.2 Å². The number of sulfone groups is 1. The summed E-state index contributed by atoms with van der Waals surface area (Å²) >= 11 is 0.456. The summed E-state index contributed by atoms with van der Waals surface area (Å²) in [5.41, 5.74) is 0.231. The summed E-state index contributed by atoms with van der Waals surface area (Å²) in [5.74, 6) is -16.3. The molecule has 2 rings (SSSR count). The van der Waals surface area contributed by atoms with Crippen LogP contribution in [0.4, 0.5) is 0 Å². The van der Waals surface area contributed by atoms with Gasteiger partial charge in [0.15, 0.2) is 83.1 Å². The van der Waals surface area contributed by atoms with Crippen LogP contribution in [0.2, 0.25) is 0 Å². The van der Waals surface area contributed by atoms with E-state index in [1.807, 2.05) is 0 Å². The zero-order valence-corrected chi connectivity index (χ0v) is 49.6. The van der Waals surface area contributed by atoms with Gasteiger partial charge in [-0.25, -0.2) is 74.3 Å². The molecule has 82 heavy (non-hydrogen) atoms. The lowest BCUT2D eigenvalue weighted by Crippen LogP contribution is -2.42. The number of thiophene rings is 1. The van der Waals surface area contributed by atoms with Crippen LogP contribution in [0, 0.1) is 0 Å². The van der Waals surface area contributed by atoms with Gasteiger partial charge in [0.1, 0.15) is 8.42 Å². The summed E-state index contributed by atoms with van der Waals surface area (Å²) in [6, 6.07) is 0.677. The molecule has 1 aromatic rings. The highest BCUT2D eigenvalue weighted by Gasteiger charge is 2.41. The van der Waals surface area contributed by atoms with E-state index in [4.69, 9.17) is 52.1 Å². The van der Waals surface area contributed by atoms with Gasteiger partial charge in [-0.15, -0.1) is 11.3 Å². The summed E-state index contributed by atoms with van der Waals surface area (Å²) in [6.07, 6.45) is -20.2. The number of fused-ring (bicyclic) bond motifs is 1. The molecule has 1 amide bonds. The summed E-state index contributed by atoms with van der Waals surface area (Å²) in [5, 5.41) is 2.30. The van der Waals surface area contributed by atoms with E-state index in [0.717, 1.165) is 89.2 Å². The second-order valence-electron chi connectivity index (χ2n) is 18.1. The average Bonchev–Trinajstić information content (AvgIpc) is 4.02. The normalized spacial score (nSPS) is 18.8. The Balaban J connectivity index is 1.81. The zero-order valence-electron chi connectivity index (χ0n) is 47.1. The van der Waals surface area contributed by atoms with Crippen molar-refractivity contribution in [2.24, 2.45) is 0 Å². The van der Waals surface area contributed by atoms with Crippen LogP contribution in [0.25, 0.3) is 0 Å². The summed E-state index contributed by atoms with van der Waals surface area (Å²) in [6.45, 7) is 17.3. The molecule has 0 spiro atoms. The number of hydrogen-bond donors (Lipinski definition) is 2. The van der Waals surface area contributed by atoms with E-state index in [9.17, 15) is 79.2 Å². The predicted molar refractivity (Wildman–Crippen MR) is 270 cm³/mol. The van der Waals surface area contributed by atoms with Crippen LogP contribution in [0.3, 0.4) is 0 Å². The maximum Gasteiger partial charge on any atom is 0.347 e. The van der Waals surface area contributed by atoms with Crippen LogP contribution < -0.4 is 10.0 Å². The van der Waals surface area contributed by atoms with Gasteiger partial charge in [-0.05, 0) is 109 Å². The number of carbonyl (C=O) groups excluding carboxylic acids is 13. The van der Waals surface area contributed by atoms with Crippen molar-refractivity contribution in [1.29, 1.82) is 0 Å². The molecule has 0 bridgehead atoms. The first-order valence-corrected chi connectivity index (χ1v) is 28.7. The van der Waals surface area contributed by atoms with Gasteiger partial charge in [-0.1, -0.05) is 6.92 Å². The van der Waals surface area contributed by atoms with Crippen LogP contribution in [-0.4, -0.2) is 179 Å². The molecule has 0 saturated heterocycles. The lowest BCUT2D eigenvalue weighted by atomic mass is 10.1. The van der Waals surface area contributed by atoms with Crippen molar-refractivity contribution in [2.75, 3.05) is 6.54 Å². The van der Waals surface area contributed by atoms with Gasteiger partial charge in [0.05, 0.1) is 5.25 Å². The second-order valence-corrected chi connectivity index (χ2v) is 23.6. The van der Waals surface area contributed by atoms with Gasteiger partial charge in [-0.2, -0.15) is 0 Å². The Hall–Kier alpha value is -7.33. The summed E-state index contributed by atoms with van der Waals surface area (Å²) in [4.78, 5) is 162. The van der Waals surface area contributed by atoms with E-state index >= 15 is 0 Å². The Morgan fingerprint density at radius 1 is 0.476 bits per heavy atom.